The molecule has 0 heterocycles. The Labute approximate surface area is 121 Å². The SMILES string of the molecule is NC(Cc1ccccc1)C(=O)Nc1cccc(Cl)c1F. The van der Waals surface area contributed by atoms with Crippen molar-refractivity contribution in [1.82, 2.24) is 0 Å². The number of hydrogen-bond acceptors (Lipinski definition) is 2. The normalized spacial score (nSPS) is 11.9. The van der Waals surface area contributed by atoms with Crippen molar-refractivity contribution < 1.29 is 9.18 Å². The summed E-state index contributed by atoms with van der Waals surface area (Å²) >= 11 is 5.65. The van der Waals surface area contributed by atoms with Crippen LogP contribution in [0.4, 0.5) is 10.1 Å². The standard InChI is InChI=1S/C15H14ClFN2O/c16-11-7-4-8-13(14(11)17)19-15(20)12(18)9-10-5-2-1-3-6-10/h1-8,12H,9,18H2,(H,19,20). The van der Waals surface area contributed by atoms with Crippen molar-refractivity contribution in [2.24, 2.45) is 5.73 Å². The van der Waals surface area contributed by atoms with E-state index in [2.05, 4.69) is 5.32 Å². The van der Waals surface area contributed by atoms with Crippen LogP contribution in [0, 0.1) is 5.82 Å². The monoisotopic (exact) mass is 292 g/mol. The first kappa shape index (κ1) is 14.5. The number of nitrogens with one attached hydrogen (secondary N) is 1. The van der Waals surface area contributed by atoms with Crippen LogP contribution in [0.25, 0.3) is 0 Å². The van der Waals surface area contributed by atoms with Gasteiger partial charge in [-0.3, -0.25) is 4.79 Å². The largest absolute Gasteiger partial charge is 0.322 e. The minimum Gasteiger partial charge on any atom is -0.322 e. The van der Waals surface area contributed by atoms with Gasteiger partial charge in [0.25, 0.3) is 0 Å². The Morgan fingerprint density at radius 3 is 2.60 bits per heavy atom. The fourth-order valence-corrected chi connectivity index (χ4v) is 1.96. The van der Waals surface area contributed by atoms with E-state index in [1.165, 1.54) is 12.1 Å². The van der Waals surface area contributed by atoms with Crippen molar-refractivity contribution in [2.45, 2.75) is 12.5 Å². The van der Waals surface area contributed by atoms with E-state index in [9.17, 15) is 9.18 Å². The van der Waals surface area contributed by atoms with E-state index in [4.69, 9.17) is 17.3 Å². The van der Waals surface area contributed by atoms with E-state index in [0.29, 0.717) is 6.42 Å². The molecule has 0 spiro atoms. The number of anilines is 1. The maximum absolute atomic E-state index is 13.7. The highest BCUT2D eigenvalue weighted by molar-refractivity contribution is 6.31. The number of hydrogen-bond donors (Lipinski definition) is 2. The molecule has 2 aromatic rings. The number of carbonyl (C=O) groups is 1. The molecule has 0 aromatic heterocycles. The first-order valence-corrected chi connectivity index (χ1v) is 6.50. The van der Waals surface area contributed by atoms with Crippen LogP contribution in [-0.4, -0.2) is 11.9 Å². The molecule has 0 aliphatic rings. The van der Waals surface area contributed by atoms with E-state index in [1.807, 2.05) is 30.3 Å². The number of carbonyl (C=O) groups excluding carboxylic acids is 1. The van der Waals surface area contributed by atoms with Crippen LogP contribution in [0.5, 0.6) is 0 Å². The van der Waals surface area contributed by atoms with E-state index in [1.54, 1.807) is 6.07 Å². The highest BCUT2D eigenvalue weighted by atomic mass is 35.5. The lowest BCUT2D eigenvalue weighted by Crippen LogP contribution is -2.37. The van der Waals surface area contributed by atoms with Gasteiger partial charge in [-0.2, -0.15) is 0 Å². The third kappa shape index (κ3) is 3.56. The summed E-state index contributed by atoms with van der Waals surface area (Å²) < 4.78 is 13.7. The molecule has 3 N–H and O–H groups in total. The Hall–Kier alpha value is -1.91. The van der Waals surface area contributed by atoms with Gasteiger partial charge in [0.15, 0.2) is 5.82 Å². The molecule has 0 bridgehead atoms. The summed E-state index contributed by atoms with van der Waals surface area (Å²) in [4.78, 5) is 11.9. The van der Waals surface area contributed by atoms with Crippen LogP contribution in [0.2, 0.25) is 5.02 Å². The average molecular weight is 293 g/mol. The van der Waals surface area contributed by atoms with Gasteiger partial charge in [0.1, 0.15) is 0 Å². The van der Waals surface area contributed by atoms with Gasteiger partial charge in [0.2, 0.25) is 5.91 Å². The Morgan fingerprint density at radius 1 is 1.20 bits per heavy atom. The summed E-state index contributed by atoms with van der Waals surface area (Å²) in [5.41, 5.74) is 6.80. The summed E-state index contributed by atoms with van der Waals surface area (Å²) in [6, 6.07) is 13.1. The lowest BCUT2D eigenvalue weighted by molar-refractivity contribution is -0.117. The molecule has 2 aromatic carbocycles. The van der Waals surface area contributed by atoms with Gasteiger partial charge in [-0.15, -0.1) is 0 Å². The predicted octanol–water partition coefficient (Wildman–Crippen LogP) is 2.99. The van der Waals surface area contributed by atoms with Crippen molar-refractivity contribution in [3.8, 4) is 0 Å². The van der Waals surface area contributed by atoms with Crippen LogP contribution in [0.1, 0.15) is 5.56 Å². The minimum atomic E-state index is -0.754. The fraction of sp³-hybridized carbons (Fsp3) is 0.133. The van der Waals surface area contributed by atoms with Crippen LogP contribution in [0.3, 0.4) is 0 Å². The summed E-state index contributed by atoms with van der Waals surface area (Å²) in [5.74, 6) is -1.11. The van der Waals surface area contributed by atoms with Crippen molar-refractivity contribution in [2.75, 3.05) is 5.32 Å². The highest BCUT2D eigenvalue weighted by Crippen LogP contribution is 2.22. The zero-order chi connectivity index (χ0) is 14.5. The molecule has 3 nitrogen and oxygen atoms in total. The summed E-state index contributed by atoms with van der Waals surface area (Å²) in [7, 11) is 0. The topological polar surface area (TPSA) is 55.1 Å². The predicted molar refractivity (Wildman–Crippen MR) is 78.2 cm³/mol. The molecule has 0 radical (unpaired) electrons. The lowest BCUT2D eigenvalue weighted by Gasteiger charge is -2.13. The lowest BCUT2D eigenvalue weighted by atomic mass is 10.1. The van der Waals surface area contributed by atoms with Crippen molar-refractivity contribution in [3.05, 3.63) is 64.9 Å². The highest BCUT2D eigenvalue weighted by Gasteiger charge is 2.16. The molecule has 1 atom stereocenters. The molecule has 0 saturated heterocycles. The average Bonchev–Trinajstić information content (AvgIpc) is 2.45. The van der Waals surface area contributed by atoms with Crippen LogP contribution >= 0.6 is 11.6 Å². The second-order valence-electron chi connectivity index (χ2n) is 4.39. The number of rotatable bonds is 4. The molecule has 20 heavy (non-hydrogen) atoms. The maximum atomic E-state index is 13.7. The molecule has 0 fully saturated rings. The molecule has 0 aliphatic heterocycles. The molecular weight excluding hydrogens is 279 g/mol. The Balaban J connectivity index is 2.03. The van der Waals surface area contributed by atoms with Gasteiger partial charge in [-0.1, -0.05) is 48.0 Å². The van der Waals surface area contributed by atoms with Crippen LogP contribution in [0.15, 0.2) is 48.5 Å². The minimum absolute atomic E-state index is 0.0333. The third-order valence-electron chi connectivity index (χ3n) is 2.84. The van der Waals surface area contributed by atoms with Crippen molar-refractivity contribution in [1.29, 1.82) is 0 Å². The molecular formula is C15H14ClFN2O. The van der Waals surface area contributed by atoms with Crippen molar-refractivity contribution >= 4 is 23.2 Å². The number of benzene rings is 2. The second kappa shape index (κ2) is 6.50. The van der Waals surface area contributed by atoms with E-state index in [-0.39, 0.29) is 10.7 Å². The van der Waals surface area contributed by atoms with Crippen molar-refractivity contribution in [3.63, 3.8) is 0 Å². The van der Waals surface area contributed by atoms with Gasteiger partial charge >= 0.3 is 0 Å². The molecule has 104 valence electrons. The van der Waals surface area contributed by atoms with E-state index >= 15 is 0 Å². The Kier molecular flexibility index (Phi) is 4.71. The van der Waals surface area contributed by atoms with E-state index in [0.717, 1.165) is 5.56 Å². The van der Waals surface area contributed by atoms with Crippen LogP contribution in [-0.2, 0) is 11.2 Å². The van der Waals surface area contributed by atoms with Gasteiger partial charge < -0.3 is 11.1 Å². The smallest absolute Gasteiger partial charge is 0.241 e. The van der Waals surface area contributed by atoms with Gasteiger partial charge in [0.05, 0.1) is 16.8 Å². The summed E-state index contributed by atoms with van der Waals surface area (Å²) in [5, 5.41) is 2.41. The molecule has 2 rings (SSSR count). The van der Waals surface area contributed by atoms with Crippen LogP contribution < -0.4 is 11.1 Å². The Bertz CT molecular complexity index is 604. The second-order valence-corrected chi connectivity index (χ2v) is 4.79. The molecule has 1 unspecified atom stereocenters. The zero-order valence-corrected chi connectivity index (χ0v) is 11.4. The number of nitrogens with two attached hydrogens (primary N) is 1. The molecule has 0 saturated carbocycles. The summed E-state index contributed by atoms with van der Waals surface area (Å²) in [6.07, 6.45) is 0.384. The van der Waals surface area contributed by atoms with Gasteiger partial charge in [-0.05, 0) is 24.1 Å². The summed E-state index contributed by atoms with van der Waals surface area (Å²) in [6.45, 7) is 0. The maximum Gasteiger partial charge on any atom is 0.241 e. The molecule has 5 heteroatoms. The quantitative estimate of drug-likeness (QED) is 0.910. The molecule has 1 amide bonds. The first-order valence-electron chi connectivity index (χ1n) is 6.12. The first-order chi connectivity index (χ1) is 9.58. The van der Waals surface area contributed by atoms with E-state index < -0.39 is 17.8 Å². The van der Waals surface area contributed by atoms with Gasteiger partial charge in [0, 0.05) is 0 Å². The Morgan fingerprint density at radius 2 is 1.90 bits per heavy atom. The van der Waals surface area contributed by atoms with Gasteiger partial charge in [-0.25, -0.2) is 4.39 Å². The fourth-order valence-electron chi connectivity index (χ4n) is 1.79. The number of amides is 1. The molecule has 0 aliphatic carbocycles. The number of halogens is 2. The third-order valence-corrected chi connectivity index (χ3v) is 3.14. The zero-order valence-electron chi connectivity index (χ0n) is 10.6.